The summed E-state index contributed by atoms with van der Waals surface area (Å²) < 4.78 is 7.09. The van der Waals surface area contributed by atoms with Gasteiger partial charge in [0.25, 0.3) is 5.69 Å². The largest absolute Gasteiger partial charge is 0.482 e. The van der Waals surface area contributed by atoms with Crippen molar-refractivity contribution in [2.45, 2.75) is 6.61 Å². The quantitative estimate of drug-likeness (QED) is 0.235. The summed E-state index contributed by atoms with van der Waals surface area (Å²) in [5.41, 5.74) is 0.227. The van der Waals surface area contributed by atoms with E-state index in [-0.39, 0.29) is 32.9 Å². The molecule has 0 aliphatic heterocycles. The van der Waals surface area contributed by atoms with Gasteiger partial charge in [0.1, 0.15) is 6.61 Å². The molecule has 3 rings (SSSR count). The minimum atomic E-state index is -0.495. The van der Waals surface area contributed by atoms with Crippen LogP contribution in [0, 0.1) is 14.9 Å². The van der Waals surface area contributed by atoms with Crippen LogP contribution in [-0.2, 0) is 6.61 Å². The number of benzene rings is 2. The molecule has 0 aliphatic carbocycles. The number of hydrogen-bond donors (Lipinski definition) is 1. The highest BCUT2D eigenvalue weighted by Crippen LogP contribution is 2.36. The molecule has 0 aliphatic rings. The molecule has 0 unspecified atom stereocenters. The van der Waals surface area contributed by atoms with E-state index >= 15 is 0 Å². The third kappa shape index (κ3) is 4.50. The van der Waals surface area contributed by atoms with E-state index < -0.39 is 4.92 Å². The number of rotatable bonds is 6. The Kier molecular flexibility index (Phi) is 6.30. The molecular formula is C16H10Cl3N5O3S. The van der Waals surface area contributed by atoms with Gasteiger partial charge < -0.3 is 4.74 Å². The number of nitro groups is 1. The first-order chi connectivity index (χ1) is 13.4. The maximum absolute atomic E-state index is 11.1. The first-order valence-electron chi connectivity index (χ1n) is 7.58. The van der Waals surface area contributed by atoms with Crippen molar-refractivity contribution >= 4 is 58.9 Å². The molecule has 1 aromatic heterocycles. The number of ether oxygens (including phenoxy) is 1. The fourth-order valence-electron chi connectivity index (χ4n) is 2.22. The van der Waals surface area contributed by atoms with Gasteiger partial charge in [0.15, 0.2) is 11.6 Å². The fraction of sp³-hybridized carbons (Fsp3) is 0.0625. The van der Waals surface area contributed by atoms with Gasteiger partial charge in [-0.05, 0) is 30.4 Å². The van der Waals surface area contributed by atoms with Gasteiger partial charge in [-0.15, -0.1) is 0 Å². The molecule has 1 N–H and O–H groups in total. The number of H-pyrrole nitrogens is 1. The molecule has 12 heteroatoms. The van der Waals surface area contributed by atoms with Gasteiger partial charge >= 0.3 is 0 Å². The molecule has 0 saturated carbocycles. The molecule has 144 valence electrons. The molecular weight excluding hydrogens is 449 g/mol. The number of aromatic amines is 1. The van der Waals surface area contributed by atoms with E-state index in [1.54, 1.807) is 18.2 Å². The van der Waals surface area contributed by atoms with Crippen molar-refractivity contribution in [2.24, 2.45) is 5.10 Å². The van der Waals surface area contributed by atoms with Crippen molar-refractivity contribution in [3.8, 4) is 5.75 Å². The number of halogens is 3. The lowest BCUT2D eigenvalue weighted by Gasteiger charge is -2.09. The maximum Gasteiger partial charge on any atom is 0.278 e. The zero-order valence-electron chi connectivity index (χ0n) is 13.8. The molecule has 0 amide bonds. The second-order valence-corrected chi connectivity index (χ2v) is 6.94. The van der Waals surface area contributed by atoms with Crippen molar-refractivity contribution < 1.29 is 9.66 Å². The number of para-hydroxylation sites is 1. The van der Waals surface area contributed by atoms with Crippen LogP contribution in [0.5, 0.6) is 5.75 Å². The molecule has 0 saturated heterocycles. The summed E-state index contributed by atoms with van der Waals surface area (Å²) in [5.74, 6) is 0.540. The van der Waals surface area contributed by atoms with Crippen molar-refractivity contribution in [1.29, 1.82) is 0 Å². The summed E-state index contributed by atoms with van der Waals surface area (Å²) in [6.45, 7) is -0.0670. The van der Waals surface area contributed by atoms with Gasteiger partial charge in [-0.3, -0.25) is 10.1 Å². The monoisotopic (exact) mass is 457 g/mol. The van der Waals surface area contributed by atoms with E-state index in [0.29, 0.717) is 16.4 Å². The highest BCUT2D eigenvalue weighted by molar-refractivity contribution is 7.71. The molecule has 0 spiro atoms. The Morgan fingerprint density at radius 2 is 1.96 bits per heavy atom. The average molecular weight is 459 g/mol. The minimum Gasteiger partial charge on any atom is -0.482 e. The summed E-state index contributed by atoms with van der Waals surface area (Å²) in [4.78, 5) is 10.6. The molecule has 0 fully saturated rings. The van der Waals surface area contributed by atoms with E-state index in [1.165, 1.54) is 29.1 Å². The van der Waals surface area contributed by atoms with E-state index in [2.05, 4.69) is 15.3 Å². The summed E-state index contributed by atoms with van der Waals surface area (Å²) in [5, 5.41) is 22.8. The third-order valence-corrected chi connectivity index (χ3v) is 4.52. The molecule has 2 aromatic carbocycles. The zero-order chi connectivity index (χ0) is 20.3. The Morgan fingerprint density at radius 3 is 2.64 bits per heavy atom. The van der Waals surface area contributed by atoms with Crippen LogP contribution in [0.3, 0.4) is 0 Å². The Hall–Kier alpha value is -2.46. The second kappa shape index (κ2) is 8.70. The summed E-state index contributed by atoms with van der Waals surface area (Å²) in [6.07, 6.45) is 1.31. The summed E-state index contributed by atoms with van der Waals surface area (Å²) in [7, 11) is 0. The predicted molar refractivity (Wildman–Crippen MR) is 109 cm³/mol. The maximum atomic E-state index is 11.1. The number of hydrogen-bond acceptors (Lipinski definition) is 6. The van der Waals surface area contributed by atoms with Crippen molar-refractivity contribution in [3.05, 3.63) is 77.7 Å². The van der Waals surface area contributed by atoms with E-state index in [1.807, 2.05) is 0 Å². The standard InChI is InChI=1S/C16H10Cl3N5O3S/c17-10-5-11(18)15(12(19)6-10)27-8-14-21-22-16(28)23(14)20-7-9-3-1-2-4-13(9)24(25)26/h1-7H,8H2,(H,22,28)/b20-7+. The number of nitrogens with zero attached hydrogens (tertiary/aromatic N) is 4. The first kappa shape index (κ1) is 20.3. The minimum absolute atomic E-state index is 0.0670. The number of nitro benzene ring substituents is 1. The molecule has 28 heavy (non-hydrogen) atoms. The normalized spacial score (nSPS) is 11.1. The molecule has 1 heterocycles. The van der Waals surface area contributed by atoms with Crippen LogP contribution in [0.1, 0.15) is 11.4 Å². The molecule has 0 radical (unpaired) electrons. The molecule has 3 aromatic rings. The summed E-state index contributed by atoms with van der Waals surface area (Å²) >= 11 is 23.2. The Balaban J connectivity index is 1.86. The van der Waals surface area contributed by atoms with Gasteiger partial charge in [0, 0.05) is 11.1 Å². The number of aromatic nitrogens is 3. The second-order valence-electron chi connectivity index (χ2n) is 5.30. The van der Waals surface area contributed by atoms with Crippen LogP contribution in [-0.4, -0.2) is 26.0 Å². The predicted octanol–water partition coefficient (Wildman–Crippen LogP) is 5.27. The Bertz CT molecular complexity index is 1110. The lowest BCUT2D eigenvalue weighted by Crippen LogP contribution is -2.05. The van der Waals surface area contributed by atoms with Gasteiger partial charge in [0.05, 0.1) is 26.7 Å². The SMILES string of the molecule is O=[N+]([O-])c1ccccc1/C=N/n1c(COc2c(Cl)cc(Cl)cc2Cl)n[nH]c1=S. The molecule has 0 bridgehead atoms. The van der Waals surface area contributed by atoms with Gasteiger partial charge in [0.2, 0.25) is 4.77 Å². The van der Waals surface area contributed by atoms with Crippen LogP contribution < -0.4 is 4.74 Å². The van der Waals surface area contributed by atoms with Gasteiger partial charge in [-0.25, -0.2) is 5.10 Å². The van der Waals surface area contributed by atoms with Crippen molar-refractivity contribution in [1.82, 2.24) is 14.9 Å². The average Bonchev–Trinajstić information content (AvgIpc) is 2.99. The lowest BCUT2D eigenvalue weighted by molar-refractivity contribution is -0.385. The first-order valence-corrected chi connectivity index (χ1v) is 9.12. The molecule has 8 nitrogen and oxygen atoms in total. The smallest absolute Gasteiger partial charge is 0.278 e. The van der Waals surface area contributed by atoms with Crippen LogP contribution in [0.15, 0.2) is 41.5 Å². The highest BCUT2D eigenvalue weighted by Gasteiger charge is 2.13. The van der Waals surface area contributed by atoms with Crippen molar-refractivity contribution in [2.75, 3.05) is 0 Å². The van der Waals surface area contributed by atoms with Gasteiger partial charge in [-0.2, -0.15) is 14.9 Å². The van der Waals surface area contributed by atoms with Crippen LogP contribution in [0.2, 0.25) is 15.1 Å². The topological polar surface area (TPSA) is 98.3 Å². The van der Waals surface area contributed by atoms with Crippen LogP contribution in [0.4, 0.5) is 5.69 Å². The molecule has 0 atom stereocenters. The van der Waals surface area contributed by atoms with E-state index in [0.717, 1.165) is 0 Å². The zero-order valence-corrected chi connectivity index (χ0v) is 16.9. The summed E-state index contributed by atoms with van der Waals surface area (Å²) in [6, 6.07) is 9.16. The lowest BCUT2D eigenvalue weighted by atomic mass is 10.2. The van der Waals surface area contributed by atoms with Crippen LogP contribution in [0.25, 0.3) is 0 Å². The van der Waals surface area contributed by atoms with Gasteiger partial charge in [-0.1, -0.05) is 46.9 Å². The van der Waals surface area contributed by atoms with Crippen LogP contribution >= 0.6 is 47.0 Å². The number of nitrogens with one attached hydrogen (secondary N) is 1. The fourth-order valence-corrected chi connectivity index (χ4v) is 3.35. The van der Waals surface area contributed by atoms with Crippen molar-refractivity contribution in [3.63, 3.8) is 0 Å². The van der Waals surface area contributed by atoms with E-state index in [4.69, 9.17) is 51.8 Å². The Morgan fingerprint density at radius 1 is 1.29 bits per heavy atom. The van der Waals surface area contributed by atoms with E-state index in [9.17, 15) is 10.1 Å². The highest BCUT2D eigenvalue weighted by atomic mass is 35.5. The third-order valence-electron chi connectivity index (χ3n) is 3.47. The Labute approximate surface area is 178 Å².